The van der Waals surface area contributed by atoms with Crippen LogP contribution in [0.1, 0.15) is 16.7 Å². The molecule has 0 aliphatic rings. The number of aromatic nitrogens is 4. The number of aryl methyl sites for hydroxylation is 1. The lowest BCUT2D eigenvalue weighted by Crippen LogP contribution is -2.04. The van der Waals surface area contributed by atoms with Crippen LogP contribution >= 0.6 is 0 Å². The summed E-state index contributed by atoms with van der Waals surface area (Å²) in [7, 11) is 0. The third kappa shape index (κ3) is 4.49. The maximum absolute atomic E-state index is 9.84. The van der Waals surface area contributed by atoms with Crippen molar-refractivity contribution in [2.45, 2.75) is 13.8 Å². The highest BCUT2D eigenvalue weighted by atomic mass is 15.0. The minimum atomic E-state index is 0.649. The average molecular weight is 704 g/mol. The lowest BCUT2D eigenvalue weighted by Gasteiger charge is -2.19. The molecule has 0 saturated heterocycles. The van der Waals surface area contributed by atoms with Gasteiger partial charge in [0.25, 0.3) is 0 Å². The predicted molar refractivity (Wildman–Crippen MR) is 227 cm³/mol. The largest absolute Gasteiger partial charge is 0.309 e. The molecular formula is C50H33N5. The van der Waals surface area contributed by atoms with Crippen LogP contribution in [0.25, 0.3) is 93.7 Å². The molecule has 0 spiro atoms. The fourth-order valence-electron chi connectivity index (χ4n) is 8.94. The Morgan fingerprint density at radius 2 is 0.964 bits per heavy atom. The van der Waals surface area contributed by atoms with E-state index in [0.717, 1.165) is 72.3 Å². The van der Waals surface area contributed by atoms with Crippen molar-refractivity contribution in [3.8, 4) is 34.4 Å². The zero-order valence-electron chi connectivity index (χ0n) is 30.3. The summed E-state index contributed by atoms with van der Waals surface area (Å²) in [5.74, 6) is 0. The fraction of sp³-hybridized carbons (Fsp3) is 0.0400. The Balaban J connectivity index is 1.23. The molecule has 4 aromatic heterocycles. The van der Waals surface area contributed by atoms with Crippen LogP contribution in [-0.2, 0) is 0 Å². The van der Waals surface area contributed by atoms with Gasteiger partial charge in [-0.1, -0.05) is 78.9 Å². The molecule has 7 aromatic carbocycles. The molecule has 0 bridgehead atoms. The lowest BCUT2D eigenvalue weighted by molar-refractivity contribution is 1.11. The van der Waals surface area contributed by atoms with Crippen LogP contribution in [0, 0.1) is 25.2 Å². The smallest absolute Gasteiger partial charge is 0.0991 e. The number of nitriles is 1. The molecule has 0 saturated carbocycles. The Hall–Kier alpha value is -7.42. The molecule has 11 aromatic rings. The van der Waals surface area contributed by atoms with Gasteiger partial charge in [0, 0.05) is 55.5 Å². The van der Waals surface area contributed by atoms with Crippen molar-refractivity contribution in [3.05, 3.63) is 181 Å². The summed E-state index contributed by atoms with van der Waals surface area (Å²) in [5, 5.41) is 16.9. The monoisotopic (exact) mass is 703 g/mol. The molecule has 0 fully saturated rings. The van der Waals surface area contributed by atoms with E-state index in [0.29, 0.717) is 5.56 Å². The maximum Gasteiger partial charge on any atom is 0.0991 e. The molecule has 0 aliphatic carbocycles. The van der Waals surface area contributed by atoms with Crippen molar-refractivity contribution in [2.24, 2.45) is 0 Å². The fourth-order valence-corrected chi connectivity index (χ4v) is 8.94. The summed E-state index contributed by atoms with van der Waals surface area (Å²) in [6.07, 6.45) is 1.88. The lowest BCUT2D eigenvalue weighted by atomic mass is 9.98. The third-order valence-electron chi connectivity index (χ3n) is 11.4. The van der Waals surface area contributed by atoms with Gasteiger partial charge in [-0.3, -0.25) is 4.98 Å². The minimum Gasteiger partial charge on any atom is -0.309 e. The average Bonchev–Trinajstić information content (AvgIpc) is 3.86. The number of benzene rings is 7. The molecule has 0 atom stereocenters. The second kappa shape index (κ2) is 11.8. The van der Waals surface area contributed by atoms with E-state index in [9.17, 15) is 5.26 Å². The van der Waals surface area contributed by atoms with Crippen LogP contribution in [0.5, 0.6) is 0 Å². The first kappa shape index (κ1) is 31.1. The molecule has 0 amide bonds. The molecule has 0 unspecified atom stereocenters. The van der Waals surface area contributed by atoms with Crippen molar-refractivity contribution >= 4 is 65.4 Å². The Bertz CT molecular complexity index is 3370. The van der Waals surface area contributed by atoms with Crippen LogP contribution in [0.2, 0.25) is 0 Å². The van der Waals surface area contributed by atoms with Crippen LogP contribution in [-0.4, -0.2) is 18.7 Å². The highest BCUT2D eigenvalue weighted by Gasteiger charge is 2.22. The van der Waals surface area contributed by atoms with E-state index in [1.165, 1.54) is 32.6 Å². The van der Waals surface area contributed by atoms with Crippen molar-refractivity contribution in [3.63, 3.8) is 0 Å². The Labute approximate surface area is 317 Å². The van der Waals surface area contributed by atoms with Crippen molar-refractivity contribution in [1.82, 2.24) is 18.7 Å². The minimum absolute atomic E-state index is 0.649. The highest BCUT2D eigenvalue weighted by Crippen LogP contribution is 2.41. The van der Waals surface area contributed by atoms with E-state index < -0.39 is 0 Å². The molecule has 0 radical (unpaired) electrons. The summed E-state index contributed by atoms with van der Waals surface area (Å²) >= 11 is 0. The van der Waals surface area contributed by atoms with E-state index in [4.69, 9.17) is 4.98 Å². The zero-order chi connectivity index (χ0) is 36.8. The number of hydrogen-bond donors (Lipinski definition) is 0. The summed E-state index contributed by atoms with van der Waals surface area (Å²) in [5.41, 5.74) is 15.0. The van der Waals surface area contributed by atoms with Gasteiger partial charge in [-0.2, -0.15) is 5.26 Å². The first-order chi connectivity index (χ1) is 27.1. The van der Waals surface area contributed by atoms with Gasteiger partial charge in [0.05, 0.1) is 56.1 Å². The molecule has 4 heterocycles. The van der Waals surface area contributed by atoms with Gasteiger partial charge >= 0.3 is 0 Å². The highest BCUT2D eigenvalue weighted by molar-refractivity contribution is 6.13. The molecule has 11 rings (SSSR count). The molecule has 5 nitrogen and oxygen atoms in total. The molecule has 5 heteroatoms. The van der Waals surface area contributed by atoms with Crippen molar-refractivity contribution in [1.29, 1.82) is 5.26 Å². The molecular weight excluding hydrogens is 671 g/mol. The zero-order valence-corrected chi connectivity index (χ0v) is 30.3. The second-order valence-electron chi connectivity index (χ2n) is 14.4. The van der Waals surface area contributed by atoms with Gasteiger partial charge in [0.2, 0.25) is 0 Å². The molecule has 0 aliphatic heterocycles. The van der Waals surface area contributed by atoms with E-state index in [2.05, 4.69) is 173 Å². The van der Waals surface area contributed by atoms with Gasteiger partial charge in [0.1, 0.15) is 0 Å². The van der Waals surface area contributed by atoms with E-state index >= 15 is 0 Å². The molecule has 258 valence electrons. The Kier molecular flexibility index (Phi) is 6.68. The van der Waals surface area contributed by atoms with E-state index in [-0.39, 0.29) is 0 Å². The van der Waals surface area contributed by atoms with E-state index in [1.807, 2.05) is 24.4 Å². The number of hydrogen-bond acceptors (Lipinski definition) is 2. The van der Waals surface area contributed by atoms with Gasteiger partial charge < -0.3 is 13.7 Å². The normalized spacial score (nSPS) is 11.8. The van der Waals surface area contributed by atoms with Crippen LogP contribution in [0.4, 0.5) is 0 Å². The number of para-hydroxylation sites is 4. The van der Waals surface area contributed by atoms with Crippen LogP contribution in [0.3, 0.4) is 0 Å². The van der Waals surface area contributed by atoms with Gasteiger partial charge in [-0.05, 0) is 104 Å². The summed E-state index contributed by atoms with van der Waals surface area (Å²) < 4.78 is 7.16. The topological polar surface area (TPSA) is 51.5 Å². The number of fused-ring (bicyclic) bond motifs is 9. The van der Waals surface area contributed by atoms with Crippen LogP contribution in [0.15, 0.2) is 164 Å². The first-order valence-electron chi connectivity index (χ1n) is 18.6. The standard InChI is InChI=1S/C50H33N5/c1-31-12-11-25-52-50(31)40-28-35(29-49(32(40)2)55-46-20-10-6-15-38(46)41-26-33(30-51)21-23-48(41)55)54-45-19-9-5-16-39(45)42-27-34(22-24-47(42)54)53-43-17-7-3-13-36(43)37-14-4-8-18-44(37)53/h3-29H,1-2H3. The van der Waals surface area contributed by atoms with Gasteiger partial charge in [0.15, 0.2) is 0 Å². The number of nitrogens with zero attached hydrogens (tertiary/aromatic N) is 5. The van der Waals surface area contributed by atoms with Crippen LogP contribution < -0.4 is 0 Å². The quantitative estimate of drug-likeness (QED) is 0.183. The van der Waals surface area contributed by atoms with Gasteiger partial charge in [-0.25, -0.2) is 0 Å². The maximum atomic E-state index is 9.84. The summed E-state index contributed by atoms with van der Waals surface area (Å²) in [6, 6.07) is 58.6. The number of rotatable bonds is 4. The molecule has 55 heavy (non-hydrogen) atoms. The summed E-state index contributed by atoms with van der Waals surface area (Å²) in [6.45, 7) is 4.34. The van der Waals surface area contributed by atoms with Crippen molar-refractivity contribution < 1.29 is 0 Å². The third-order valence-corrected chi connectivity index (χ3v) is 11.4. The number of pyridine rings is 1. The van der Waals surface area contributed by atoms with E-state index in [1.54, 1.807) is 0 Å². The predicted octanol–water partition coefficient (Wildman–Crippen LogP) is 12.5. The Morgan fingerprint density at radius 1 is 0.455 bits per heavy atom. The van der Waals surface area contributed by atoms with Gasteiger partial charge in [-0.15, -0.1) is 0 Å². The summed E-state index contributed by atoms with van der Waals surface area (Å²) in [4.78, 5) is 4.96. The SMILES string of the molecule is Cc1cccnc1-c1cc(-n2c3ccccc3c3cc(-n4c5ccccc5c5ccccc54)ccc32)cc(-n2c3ccccc3c3cc(C#N)ccc32)c1C. The Morgan fingerprint density at radius 3 is 1.58 bits per heavy atom. The first-order valence-corrected chi connectivity index (χ1v) is 18.6. The van der Waals surface area contributed by atoms with Crippen molar-refractivity contribution in [2.75, 3.05) is 0 Å². The second-order valence-corrected chi connectivity index (χ2v) is 14.4. The molecule has 0 N–H and O–H groups in total.